The summed E-state index contributed by atoms with van der Waals surface area (Å²) in [6, 6.07) is 23.0. The first kappa shape index (κ1) is 20.7. The summed E-state index contributed by atoms with van der Waals surface area (Å²) in [7, 11) is 0. The van der Waals surface area contributed by atoms with Crippen LogP contribution in [0.1, 0.15) is 34.0 Å². The van der Waals surface area contributed by atoms with E-state index in [1.165, 1.54) is 0 Å². The van der Waals surface area contributed by atoms with E-state index < -0.39 is 6.10 Å². The molecule has 0 spiro atoms. The lowest BCUT2D eigenvalue weighted by atomic mass is 10.1. The van der Waals surface area contributed by atoms with Crippen molar-refractivity contribution in [1.29, 1.82) is 0 Å². The summed E-state index contributed by atoms with van der Waals surface area (Å²) in [6.07, 6.45) is 0.224. The van der Waals surface area contributed by atoms with Crippen molar-refractivity contribution in [3.63, 3.8) is 0 Å². The van der Waals surface area contributed by atoms with Gasteiger partial charge in [0.15, 0.2) is 6.10 Å². The minimum atomic E-state index is -0.584. The van der Waals surface area contributed by atoms with Crippen LogP contribution >= 0.6 is 0 Å². The van der Waals surface area contributed by atoms with E-state index in [1.807, 2.05) is 78.6 Å². The maximum atomic E-state index is 12.9. The molecule has 1 N–H and O–H groups in total. The number of aryl methyl sites for hydroxylation is 1. The number of carbonyl (C=O) groups is 2. The predicted octanol–water partition coefficient (Wildman–Crippen LogP) is 4.28. The normalized spacial score (nSPS) is 13.4. The van der Waals surface area contributed by atoms with Crippen LogP contribution in [0, 0.1) is 6.92 Å². The van der Waals surface area contributed by atoms with E-state index in [0.717, 1.165) is 28.8 Å². The van der Waals surface area contributed by atoms with Gasteiger partial charge in [0.05, 0.1) is 0 Å². The van der Waals surface area contributed by atoms with Gasteiger partial charge >= 0.3 is 0 Å². The van der Waals surface area contributed by atoms with Crippen LogP contribution in [0.15, 0.2) is 72.8 Å². The van der Waals surface area contributed by atoms with Crippen molar-refractivity contribution < 1.29 is 14.3 Å². The molecule has 3 aromatic rings. The second-order valence-electron chi connectivity index (χ2n) is 7.83. The summed E-state index contributed by atoms with van der Waals surface area (Å²) in [5.74, 6) is 0.525. The van der Waals surface area contributed by atoms with Crippen LogP contribution in [-0.2, 0) is 17.8 Å². The zero-order chi connectivity index (χ0) is 21.8. The van der Waals surface area contributed by atoms with Gasteiger partial charge in [-0.3, -0.25) is 9.59 Å². The zero-order valence-electron chi connectivity index (χ0n) is 17.8. The first-order chi connectivity index (χ1) is 15.0. The standard InChI is InChI=1S/C26H26N2O3/c1-18-7-6-8-22(15-18)26(30)28-14-13-21-16-20(11-12-24(21)28)17-27-25(29)19(2)31-23-9-4-3-5-10-23/h3-12,15-16,19H,13-14,17H2,1-2H3,(H,27,29)/t19-/m1/s1. The van der Waals surface area contributed by atoms with Crippen LogP contribution < -0.4 is 15.0 Å². The lowest BCUT2D eigenvalue weighted by molar-refractivity contribution is -0.127. The molecule has 1 heterocycles. The van der Waals surface area contributed by atoms with Crippen LogP contribution in [-0.4, -0.2) is 24.5 Å². The Balaban J connectivity index is 1.38. The third-order valence-electron chi connectivity index (χ3n) is 5.44. The first-order valence-corrected chi connectivity index (χ1v) is 10.5. The molecule has 0 aliphatic carbocycles. The second kappa shape index (κ2) is 9.04. The van der Waals surface area contributed by atoms with E-state index >= 15 is 0 Å². The smallest absolute Gasteiger partial charge is 0.261 e. The van der Waals surface area contributed by atoms with Crippen LogP contribution in [0.25, 0.3) is 0 Å². The fraction of sp³-hybridized carbons (Fsp3) is 0.231. The van der Waals surface area contributed by atoms with Crippen molar-refractivity contribution in [1.82, 2.24) is 5.32 Å². The van der Waals surface area contributed by atoms with Gasteiger partial charge < -0.3 is 15.0 Å². The molecule has 5 nitrogen and oxygen atoms in total. The Hall–Kier alpha value is -3.60. The van der Waals surface area contributed by atoms with Gasteiger partial charge in [-0.1, -0.05) is 48.0 Å². The Kier molecular flexibility index (Phi) is 6.03. The summed E-state index contributed by atoms with van der Waals surface area (Å²) < 4.78 is 5.67. The molecule has 3 aromatic carbocycles. The van der Waals surface area contributed by atoms with Gasteiger partial charge in [-0.2, -0.15) is 0 Å². The maximum absolute atomic E-state index is 12.9. The minimum absolute atomic E-state index is 0.0235. The highest BCUT2D eigenvalue weighted by Gasteiger charge is 2.26. The average Bonchev–Trinajstić information content (AvgIpc) is 3.21. The largest absolute Gasteiger partial charge is 0.481 e. The number of hydrogen-bond donors (Lipinski definition) is 1. The summed E-state index contributed by atoms with van der Waals surface area (Å²) in [6.45, 7) is 4.81. The third kappa shape index (κ3) is 4.77. The van der Waals surface area contributed by atoms with Gasteiger partial charge in [0.2, 0.25) is 0 Å². The van der Waals surface area contributed by atoms with Gasteiger partial charge in [0.25, 0.3) is 11.8 Å². The van der Waals surface area contributed by atoms with Gasteiger partial charge in [-0.05, 0) is 61.7 Å². The molecule has 158 valence electrons. The number of rotatable bonds is 6. The van der Waals surface area contributed by atoms with Crippen molar-refractivity contribution in [3.8, 4) is 5.75 Å². The van der Waals surface area contributed by atoms with Crippen molar-refractivity contribution in [2.75, 3.05) is 11.4 Å². The molecular formula is C26H26N2O3. The molecule has 1 aliphatic rings. The van der Waals surface area contributed by atoms with Gasteiger partial charge in [0.1, 0.15) is 5.75 Å². The Morgan fingerprint density at radius 1 is 1.03 bits per heavy atom. The van der Waals surface area contributed by atoms with Gasteiger partial charge in [-0.25, -0.2) is 0 Å². The van der Waals surface area contributed by atoms with Crippen molar-refractivity contribution >= 4 is 17.5 Å². The highest BCUT2D eigenvalue weighted by Crippen LogP contribution is 2.30. The van der Waals surface area contributed by atoms with E-state index in [9.17, 15) is 9.59 Å². The minimum Gasteiger partial charge on any atom is -0.481 e. The lowest BCUT2D eigenvalue weighted by Gasteiger charge is -2.18. The van der Waals surface area contributed by atoms with Crippen molar-refractivity contribution in [3.05, 3.63) is 95.1 Å². The summed E-state index contributed by atoms with van der Waals surface area (Å²) >= 11 is 0. The number of nitrogens with zero attached hydrogens (tertiary/aromatic N) is 1. The summed E-state index contributed by atoms with van der Waals surface area (Å²) in [4.78, 5) is 27.2. The molecule has 0 saturated carbocycles. The number of fused-ring (bicyclic) bond motifs is 1. The van der Waals surface area contributed by atoms with Crippen LogP contribution in [0.2, 0.25) is 0 Å². The van der Waals surface area contributed by atoms with Crippen LogP contribution in [0.4, 0.5) is 5.69 Å². The quantitative estimate of drug-likeness (QED) is 0.655. The fourth-order valence-electron chi connectivity index (χ4n) is 3.80. The number of benzene rings is 3. The Morgan fingerprint density at radius 2 is 1.84 bits per heavy atom. The molecule has 0 bridgehead atoms. The Bertz CT molecular complexity index is 1090. The molecule has 1 atom stereocenters. The molecule has 0 unspecified atom stereocenters. The highest BCUT2D eigenvalue weighted by atomic mass is 16.5. The molecule has 0 saturated heterocycles. The third-order valence-corrected chi connectivity index (χ3v) is 5.44. The molecule has 0 radical (unpaired) electrons. The fourth-order valence-corrected chi connectivity index (χ4v) is 3.80. The van der Waals surface area contributed by atoms with E-state index in [1.54, 1.807) is 6.92 Å². The molecular weight excluding hydrogens is 388 g/mol. The summed E-state index contributed by atoms with van der Waals surface area (Å²) in [5, 5.41) is 2.93. The van der Waals surface area contributed by atoms with E-state index in [2.05, 4.69) is 11.4 Å². The zero-order valence-corrected chi connectivity index (χ0v) is 17.8. The highest BCUT2D eigenvalue weighted by molar-refractivity contribution is 6.07. The molecule has 1 aliphatic heterocycles. The predicted molar refractivity (Wildman–Crippen MR) is 121 cm³/mol. The van der Waals surface area contributed by atoms with Crippen LogP contribution in [0.5, 0.6) is 5.75 Å². The number of ether oxygens (including phenoxy) is 1. The number of hydrogen-bond acceptors (Lipinski definition) is 3. The first-order valence-electron chi connectivity index (χ1n) is 10.5. The molecule has 2 amide bonds. The number of nitrogens with one attached hydrogen (secondary N) is 1. The summed E-state index contributed by atoms with van der Waals surface area (Å²) in [5.41, 5.74) is 4.85. The Morgan fingerprint density at radius 3 is 2.61 bits per heavy atom. The Labute approximate surface area is 182 Å². The monoisotopic (exact) mass is 414 g/mol. The molecule has 0 aromatic heterocycles. The maximum Gasteiger partial charge on any atom is 0.261 e. The van der Waals surface area contributed by atoms with E-state index in [4.69, 9.17) is 4.74 Å². The average molecular weight is 415 g/mol. The number of carbonyl (C=O) groups excluding carboxylic acids is 2. The molecule has 5 heteroatoms. The molecule has 0 fully saturated rings. The van der Waals surface area contributed by atoms with E-state index in [-0.39, 0.29) is 11.8 Å². The second-order valence-corrected chi connectivity index (χ2v) is 7.83. The SMILES string of the molecule is Cc1cccc(C(=O)N2CCc3cc(CNC(=O)[C@@H](C)Oc4ccccc4)ccc32)c1. The number of anilines is 1. The number of para-hydroxylation sites is 1. The van der Waals surface area contributed by atoms with Crippen molar-refractivity contribution in [2.45, 2.75) is 32.9 Å². The lowest BCUT2D eigenvalue weighted by Crippen LogP contribution is -2.35. The van der Waals surface area contributed by atoms with E-state index in [0.29, 0.717) is 24.4 Å². The topological polar surface area (TPSA) is 58.6 Å². The number of amides is 2. The van der Waals surface area contributed by atoms with Crippen LogP contribution in [0.3, 0.4) is 0 Å². The molecule has 31 heavy (non-hydrogen) atoms. The molecule has 4 rings (SSSR count). The van der Waals surface area contributed by atoms with Gasteiger partial charge in [-0.15, -0.1) is 0 Å². The van der Waals surface area contributed by atoms with Gasteiger partial charge in [0, 0.05) is 24.3 Å². The van der Waals surface area contributed by atoms with Crippen molar-refractivity contribution in [2.24, 2.45) is 0 Å².